The van der Waals surface area contributed by atoms with Gasteiger partial charge in [-0.25, -0.2) is 0 Å². The van der Waals surface area contributed by atoms with E-state index in [0.717, 1.165) is 25.2 Å². The molecule has 0 heterocycles. The number of nitriles is 1. The largest absolute Gasteiger partial charge is 0.355 e. The molecule has 0 aliphatic rings. The summed E-state index contributed by atoms with van der Waals surface area (Å²) in [7, 11) is 0. The molecule has 92 valence electrons. The molecule has 1 N–H and O–H groups in total. The van der Waals surface area contributed by atoms with Gasteiger partial charge in [-0.2, -0.15) is 5.26 Å². The van der Waals surface area contributed by atoms with Gasteiger partial charge in [-0.15, -0.1) is 0 Å². The summed E-state index contributed by atoms with van der Waals surface area (Å²) in [5.74, 6) is 0.159. The molecule has 0 aromatic carbocycles. The first-order chi connectivity index (χ1) is 7.61. The summed E-state index contributed by atoms with van der Waals surface area (Å²) in [6, 6.07) is 2.05. The lowest BCUT2D eigenvalue weighted by Crippen LogP contribution is -2.30. The molecule has 16 heavy (non-hydrogen) atoms. The van der Waals surface area contributed by atoms with Crippen LogP contribution in [0.3, 0.4) is 0 Å². The van der Waals surface area contributed by atoms with Crippen LogP contribution in [-0.2, 0) is 4.79 Å². The number of nitrogens with one attached hydrogen (secondary N) is 1. The minimum Gasteiger partial charge on any atom is -0.355 e. The molecule has 1 atom stereocenters. The second kappa shape index (κ2) is 9.21. The zero-order valence-electron chi connectivity index (χ0n) is 10.8. The van der Waals surface area contributed by atoms with Gasteiger partial charge in [0, 0.05) is 6.54 Å². The maximum atomic E-state index is 11.5. The summed E-state index contributed by atoms with van der Waals surface area (Å²) >= 11 is 0. The summed E-state index contributed by atoms with van der Waals surface area (Å²) in [6.45, 7) is 7.09. The van der Waals surface area contributed by atoms with E-state index in [1.807, 2.05) is 13.0 Å². The number of hydrogen-bond donors (Lipinski definition) is 1. The van der Waals surface area contributed by atoms with E-state index in [4.69, 9.17) is 5.26 Å². The van der Waals surface area contributed by atoms with Gasteiger partial charge in [0.1, 0.15) is 5.92 Å². The van der Waals surface area contributed by atoms with Crippen LogP contribution in [-0.4, -0.2) is 12.5 Å². The minimum atomic E-state index is -0.463. The standard InChI is InChI=1S/C13H24N2O/c1-4-7-12(10-14)13(16)15-9-6-5-8-11(2)3/h11-12H,4-9H2,1-3H3,(H,15,16). The van der Waals surface area contributed by atoms with Crippen molar-refractivity contribution in [3.05, 3.63) is 0 Å². The number of amides is 1. The van der Waals surface area contributed by atoms with Crippen LogP contribution < -0.4 is 5.32 Å². The molecule has 3 nitrogen and oxygen atoms in total. The van der Waals surface area contributed by atoms with Gasteiger partial charge in [0.25, 0.3) is 0 Å². The number of nitrogens with zero attached hydrogens (tertiary/aromatic N) is 1. The highest BCUT2D eigenvalue weighted by Crippen LogP contribution is 2.07. The smallest absolute Gasteiger partial charge is 0.237 e. The lowest BCUT2D eigenvalue weighted by Gasteiger charge is -2.09. The molecule has 1 unspecified atom stereocenters. The van der Waals surface area contributed by atoms with Crippen molar-refractivity contribution < 1.29 is 4.79 Å². The van der Waals surface area contributed by atoms with Crippen LogP contribution in [0.15, 0.2) is 0 Å². The Bertz CT molecular complexity index is 231. The van der Waals surface area contributed by atoms with Crippen LogP contribution in [0.1, 0.15) is 52.9 Å². The Labute approximate surface area is 99.2 Å². The maximum absolute atomic E-state index is 11.5. The summed E-state index contributed by atoms with van der Waals surface area (Å²) < 4.78 is 0. The van der Waals surface area contributed by atoms with Crippen LogP contribution in [0.25, 0.3) is 0 Å². The molecule has 0 aliphatic heterocycles. The van der Waals surface area contributed by atoms with Crippen LogP contribution in [0.5, 0.6) is 0 Å². The zero-order valence-corrected chi connectivity index (χ0v) is 10.8. The molecule has 0 aliphatic carbocycles. The third-order valence-electron chi connectivity index (χ3n) is 2.56. The third-order valence-corrected chi connectivity index (χ3v) is 2.56. The fourth-order valence-electron chi connectivity index (χ4n) is 1.56. The topological polar surface area (TPSA) is 52.9 Å². The van der Waals surface area contributed by atoms with Crippen molar-refractivity contribution in [3.8, 4) is 6.07 Å². The SMILES string of the molecule is CCCC(C#N)C(=O)NCCCCC(C)C. The fraction of sp³-hybridized carbons (Fsp3) is 0.846. The van der Waals surface area contributed by atoms with Crippen molar-refractivity contribution >= 4 is 5.91 Å². The van der Waals surface area contributed by atoms with Crippen LogP contribution in [0.2, 0.25) is 0 Å². The fourth-order valence-corrected chi connectivity index (χ4v) is 1.56. The molecule has 0 bridgehead atoms. The van der Waals surface area contributed by atoms with Crippen molar-refractivity contribution in [2.24, 2.45) is 11.8 Å². The average Bonchev–Trinajstić information content (AvgIpc) is 2.24. The van der Waals surface area contributed by atoms with E-state index in [0.29, 0.717) is 13.0 Å². The number of carbonyl (C=O) groups excluding carboxylic acids is 1. The van der Waals surface area contributed by atoms with Gasteiger partial charge in [0.15, 0.2) is 0 Å². The lowest BCUT2D eigenvalue weighted by atomic mass is 10.0. The van der Waals surface area contributed by atoms with Crippen molar-refractivity contribution in [2.75, 3.05) is 6.54 Å². The van der Waals surface area contributed by atoms with Gasteiger partial charge in [0.05, 0.1) is 6.07 Å². The lowest BCUT2D eigenvalue weighted by molar-refractivity contribution is -0.123. The minimum absolute atomic E-state index is 0.103. The molecular weight excluding hydrogens is 200 g/mol. The summed E-state index contributed by atoms with van der Waals surface area (Å²) in [6.07, 6.45) is 4.89. The molecule has 0 saturated carbocycles. The Kier molecular flexibility index (Phi) is 8.61. The van der Waals surface area contributed by atoms with Crippen LogP contribution in [0.4, 0.5) is 0 Å². The van der Waals surface area contributed by atoms with Gasteiger partial charge in [0.2, 0.25) is 5.91 Å². The highest BCUT2D eigenvalue weighted by Gasteiger charge is 2.15. The predicted octanol–water partition coefficient (Wildman–Crippen LogP) is 2.87. The van der Waals surface area contributed by atoms with Crippen molar-refractivity contribution in [2.45, 2.75) is 52.9 Å². The first-order valence-electron chi connectivity index (χ1n) is 6.29. The van der Waals surface area contributed by atoms with Crippen LogP contribution >= 0.6 is 0 Å². The molecule has 0 rings (SSSR count). The van der Waals surface area contributed by atoms with E-state index in [1.165, 1.54) is 6.42 Å². The Hall–Kier alpha value is -1.04. The monoisotopic (exact) mass is 224 g/mol. The van der Waals surface area contributed by atoms with Crippen LogP contribution in [0, 0.1) is 23.2 Å². The zero-order chi connectivity index (χ0) is 12.4. The Balaban J connectivity index is 3.60. The van der Waals surface area contributed by atoms with E-state index < -0.39 is 5.92 Å². The van der Waals surface area contributed by atoms with E-state index in [-0.39, 0.29) is 5.91 Å². The van der Waals surface area contributed by atoms with Gasteiger partial charge in [-0.3, -0.25) is 4.79 Å². The Morgan fingerprint density at radius 2 is 2.00 bits per heavy atom. The molecule has 0 fully saturated rings. The summed E-state index contributed by atoms with van der Waals surface area (Å²) in [5, 5.41) is 11.6. The first kappa shape index (κ1) is 15.0. The van der Waals surface area contributed by atoms with Gasteiger partial charge < -0.3 is 5.32 Å². The molecule has 0 aromatic heterocycles. The molecule has 0 radical (unpaired) electrons. The maximum Gasteiger partial charge on any atom is 0.237 e. The number of unbranched alkanes of at least 4 members (excludes halogenated alkanes) is 1. The quantitative estimate of drug-likeness (QED) is 0.644. The van der Waals surface area contributed by atoms with E-state index in [2.05, 4.69) is 19.2 Å². The second-order valence-electron chi connectivity index (χ2n) is 4.65. The van der Waals surface area contributed by atoms with Crippen molar-refractivity contribution in [1.29, 1.82) is 5.26 Å². The van der Waals surface area contributed by atoms with E-state index >= 15 is 0 Å². The molecule has 0 aromatic rings. The summed E-state index contributed by atoms with van der Waals surface area (Å²) in [5.41, 5.74) is 0. The van der Waals surface area contributed by atoms with Gasteiger partial charge in [-0.1, -0.05) is 40.0 Å². The third kappa shape index (κ3) is 7.28. The number of rotatable bonds is 8. The summed E-state index contributed by atoms with van der Waals surface area (Å²) in [4.78, 5) is 11.5. The predicted molar refractivity (Wildman–Crippen MR) is 65.7 cm³/mol. The Morgan fingerprint density at radius 1 is 1.31 bits per heavy atom. The first-order valence-corrected chi connectivity index (χ1v) is 6.29. The number of carbonyl (C=O) groups is 1. The molecular formula is C13H24N2O. The second-order valence-corrected chi connectivity index (χ2v) is 4.65. The highest BCUT2D eigenvalue weighted by molar-refractivity contribution is 5.80. The molecule has 1 amide bonds. The van der Waals surface area contributed by atoms with Gasteiger partial charge >= 0.3 is 0 Å². The van der Waals surface area contributed by atoms with E-state index in [1.54, 1.807) is 0 Å². The Morgan fingerprint density at radius 3 is 2.50 bits per heavy atom. The normalized spacial score (nSPS) is 12.2. The molecule has 0 saturated heterocycles. The average molecular weight is 224 g/mol. The van der Waals surface area contributed by atoms with Crippen molar-refractivity contribution in [3.63, 3.8) is 0 Å². The highest BCUT2D eigenvalue weighted by atomic mass is 16.1. The molecule has 3 heteroatoms. The number of hydrogen-bond acceptors (Lipinski definition) is 2. The van der Waals surface area contributed by atoms with Gasteiger partial charge in [-0.05, 0) is 18.8 Å². The van der Waals surface area contributed by atoms with E-state index in [9.17, 15) is 4.79 Å². The van der Waals surface area contributed by atoms with Crippen molar-refractivity contribution in [1.82, 2.24) is 5.32 Å². The molecule has 0 spiro atoms.